The first-order valence-corrected chi connectivity index (χ1v) is 7.04. The van der Waals surface area contributed by atoms with Gasteiger partial charge in [-0.1, -0.05) is 0 Å². The first-order valence-electron chi connectivity index (χ1n) is 7.04. The maximum atomic E-state index is 11.8. The molecule has 2 atom stereocenters. The van der Waals surface area contributed by atoms with Crippen LogP contribution < -0.4 is 10.6 Å². The van der Waals surface area contributed by atoms with Crippen molar-refractivity contribution in [1.82, 2.24) is 20.4 Å². The van der Waals surface area contributed by atoms with Crippen molar-refractivity contribution in [2.75, 3.05) is 46.8 Å². The Morgan fingerprint density at radius 3 is 2.57 bits per heavy atom. The summed E-state index contributed by atoms with van der Waals surface area (Å²) in [7, 11) is 4.28. The zero-order chi connectivity index (χ0) is 13.0. The van der Waals surface area contributed by atoms with E-state index in [1.165, 1.54) is 6.42 Å². The van der Waals surface area contributed by atoms with Crippen LogP contribution >= 0.6 is 37.2 Å². The molecule has 0 saturated carbocycles. The van der Waals surface area contributed by atoms with Gasteiger partial charge in [0, 0.05) is 44.7 Å². The van der Waals surface area contributed by atoms with Crippen molar-refractivity contribution in [3.63, 3.8) is 0 Å². The number of hydrogen-bond acceptors (Lipinski definition) is 4. The van der Waals surface area contributed by atoms with E-state index in [1.807, 2.05) is 0 Å². The second-order valence-corrected chi connectivity index (χ2v) is 5.70. The summed E-state index contributed by atoms with van der Waals surface area (Å²) in [5, 5.41) is 6.44. The number of nitrogens with zero attached hydrogens (tertiary/aromatic N) is 2. The molecule has 0 aliphatic carbocycles. The molecular formula is C13H29Cl3N4O. The van der Waals surface area contributed by atoms with E-state index in [1.54, 1.807) is 0 Å². The van der Waals surface area contributed by atoms with Crippen LogP contribution in [0.4, 0.5) is 0 Å². The summed E-state index contributed by atoms with van der Waals surface area (Å²) >= 11 is 0. The molecule has 0 aromatic carbocycles. The van der Waals surface area contributed by atoms with Gasteiger partial charge < -0.3 is 15.5 Å². The molecule has 2 N–H and O–H groups in total. The molecule has 5 nitrogen and oxygen atoms in total. The number of likely N-dealkylation sites (N-methyl/N-ethyl adjacent to an activating group) is 2. The van der Waals surface area contributed by atoms with Crippen LogP contribution in [0.15, 0.2) is 0 Å². The van der Waals surface area contributed by atoms with E-state index in [2.05, 4.69) is 34.5 Å². The molecule has 2 aliphatic rings. The Balaban J connectivity index is 0. The van der Waals surface area contributed by atoms with Gasteiger partial charge in [-0.05, 0) is 33.5 Å². The molecule has 2 aliphatic heterocycles. The van der Waals surface area contributed by atoms with Gasteiger partial charge in [-0.25, -0.2) is 0 Å². The molecule has 2 rings (SSSR count). The largest absolute Gasteiger partial charge is 0.354 e. The van der Waals surface area contributed by atoms with Crippen LogP contribution in [-0.4, -0.2) is 74.6 Å². The molecular weight excluding hydrogens is 335 g/mol. The van der Waals surface area contributed by atoms with E-state index >= 15 is 0 Å². The number of rotatable bonds is 4. The summed E-state index contributed by atoms with van der Waals surface area (Å²) in [6.45, 7) is 5.08. The highest BCUT2D eigenvalue weighted by Crippen LogP contribution is 2.09. The first-order chi connectivity index (χ1) is 8.65. The maximum absolute atomic E-state index is 11.8. The quantitative estimate of drug-likeness (QED) is 0.774. The standard InChI is InChI=1S/C13H26N4O.3ClH/c1-16-6-7-17(2)12(10-16)9-15-13(18)8-11-4-3-5-14-11;;;/h11-12,14H,3-10H2,1-2H3,(H,15,18);3*1H. The van der Waals surface area contributed by atoms with Crippen molar-refractivity contribution in [2.24, 2.45) is 0 Å². The van der Waals surface area contributed by atoms with Crippen LogP contribution in [0.1, 0.15) is 19.3 Å². The Morgan fingerprint density at radius 1 is 1.24 bits per heavy atom. The monoisotopic (exact) mass is 362 g/mol. The molecule has 2 fully saturated rings. The molecule has 8 heteroatoms. The maximum Gasteiger partial charge on any atom is 0.221 e. The second kappa shape index (κ2) is 11.7. The van der Waals surface area contributed by atoms with Crippen LogP contribution in [0.25, 0.3) is 0 Å². The lowest BCUT2D eigenvalue weighted by Gasteiger charge is -2.37. The summed E-state index contributed by atoms with van der Waals surface area (Å²) in [6.07, 6.45) is 2.97. The predicted octanol–water partition coefficient (Wildman–Crippen LogP) is 0.756. The molecule has 0 spiro atoms. The number of amides is 1. The van der Waals surface area contributed by atoms with E-state index in [9.17, 15) is 4.79 Å². The lowest BCUT2D eigenvalue weighted by Crippen LogP contribution is -2.54. The average Bonchev–Trinajstić information content (AvgIpc) is 2.83. The summed E-state index contributed by atoms with van der Waals surface area (Å²) in [6, 6.07) is 0.848. The first kappa shape index (κ1) is 23.5. The van der Waals surface area contributed by atoms with Gasteiger partial charge in [-0.2, -0.15) is 0 Å². The third-order valence-electron chi connectivity index (χ3n) is 4.11. The average molecular weight is 364 g/mol. The van der Waals surface area contributed by atoms with Crippen LogP contribution in [0, 0.1) is 0 Å². The van der Waals surface area contributed by atoms with Gasteiger partial charge in [0.1, 0.15) is 0 Å². The highest BCUT2D eigenvalue weighted by atomic mass is 35.5. The molecule has 2 heterocycles. The van der Waals surface area contributed by atoms with E-state index in [4.69, 9.17) is 0 Å². The third kappa shape index (κ3) is 7.86. The summed E-state index contributed by atoms with van der Waals surface area (Å²) < 4.78 is 0. The van der Waals surface area contributed by atoms with E-state index in [-0.39, 0.29) is 43.1 Å². The molecule has 21 heavy (non-hydrogen) atoms. The molecule has 0 aromatic rings. The Bertz CT molecular complexity index is 291. The highest BCUT2D eigenvalue weighted by Gasteiger charge is 2.23. The molecule has 0 aromatic heterocycles. The minimum absolute atomic E-state index is 0. The van der Waals surface area contributed by atoms with E-state index < -0.39 is 0 Å². The van der Waals surface area contributed by atoms with Crippen molar-refractivity contribution in [3.8, 4) is 0 Å². The molecule has 2 unspecified atom stereocenters. The molecule has 0 bridgehead atoms. The number of carbonyl (C=O) groups excluding carboxylic acids is 1. The Hall–Kier alpha value is 0.220. The van der Waals surface area contributed by atoms with Crippen LogP contribution in [0.5, 0.6) is 0 Å². The lowest BCUT2D eigenvalue weighted by atomic mass is 10.1. The summed E-state index contributed by atoms with van der Waals surface area (Å²) in [4.78, 5) is 16.5. The minimum atomic E-state index is 0. The van der Waals surface area contributed by atoms with Crippen LogP contribution in [0.3, 0.4) is 0 Å². The smallest absolute Gasteiger partial charge is 0.221 e. The fourth-order valence-electron chi connectivity index (χ4n) is 2.78. The molecule has 0 radical (unpaired) electrons. The molecule has 128 valence electrons. The minimum Gasteiger partial charge on any atom is -0.354 e. The van der Waals surface area contributed by atoms with Crippen LogP contribution in [0.2, 0.25) is 0 Å². The van der Waals surface area contributed by atoms with Crippen molar-refractivity contribution in [1.29, 1.82) is 0 Å². The normalized spacial score (nSPS) is 26.2. The molecule has 1 amide bonds. The predicted molar refractivity (Wildman–Crippen MR) is 94.3 cm³/mol. The van der Waals surface area contributed by atoms with E-state index in [0.29, 0.717) is 18.5 Å². The Morgan fingerprint density at radius 2 is 1.95 bits per heavy atom. The fraction of sp³-hybridized carbons (Fsp3) is 0.923. The van der Waals surface area contributed by atoms with Gasteiger partial charge in [-0.15, -0.1) is 37.2 Å². The second-order valence-electron chi connectivity index (χ2n) is 5.70. The number of nitrogens with one attached hydrogen (secondary N) is 2. The van der Waals surface area contributed by atoms with Gasteiger partial charge in [0.15, 0.2) is 0 Å². The van der Waals surface area contributed by atoms with Crippen molar-refractivity contribution in [3.05, 3.63) is 0 Å². The van der Waals surface area contributed by atoms with Gasteiger partial charge >= 0.3 is 0 Å². The summed E-state index contributed by atoms with van der Waals surface area (Å²) in [5.74, 6) is 0.191. The zero-order valence-corrected chi connectivity index (χ0v) is 15.3. The van der Waals surface area contributed by atoms with Crippen molar-refractivity contribution >= 4 is 43.1 Å². The number of hydrogen-bond donors (Lipinski definition) is 2. The number of halogens is 3. The number of carbonyl (C=O) groups is 1. The van der Waals surface area contributed by atoms with Crippen molar-refractivity contribution in [2.45, 2.75) is 31.3 Å². The topological polar surface area (TPSA) is 47.6 Å². The number of piperazine rings is 1. The Labute approximate surface area is 146 Å². The Kier molecular flexibility index (Phi) is 13.1. The fourth-order valence-corrected chi connectivity index (χ4v) is 2.78. The molecule has 2 saturated heterocycles. The van der Waals surface area contributed by atoms with Gasteiger partial charge in [0.05, 0.1) is 0 Å². The SMILES string of the molecule is CN1CCN(C)C(CNC(=O)CC2CCCN2)C1.Cl.Cl.Cl. The van der Waals surface area contributed by atoms with Gasteiger partial charge in [0.25, 0.3) is 0 Å². The van der Waals surface area contributed by atoms with Gasteiger partial charge in [-0.3, -0.25) is 9.69 Å². The van der Waals surface area contributed by atoms with Gasteiger partial charge in [0.2, 0.25) is 5.91 Å². The zero-order valence-electron chi connectivity index (χ0n) is 12.8. The highest BCUT2D eigenvalue weighted by molar-refractivity contribution is 5.86. The van der Waals surface area contributed by atoms with Crippen molar-refractivity contribution < 1.29 is 4.79 Å². The lowest BCUT2D eigenvalue weighted by molar-refractivity contribution is -0.121. The van der Waals surface area contributed by atoms with E-state index in [0.717, 1.165) is 39.1 Å². The summed E-state index contributed by atoms with van der Waals surface area (Å²) in [5.41, 5.74) is 0. The third-order valence-corrected chi connectivity index (χ3v) is 4.11. The van der Waals surface area contributed by atoms with Crippen LogP contribution in [-0.2, 0) is 4.79 Å².